The summed E-state index contributed by atoms with van der Waals surface area (Å²) in [6.07, 6.45) is 2.99. The number of carbonyl (C=O) groups excluding carboxylic acids is 2. The van der Waals surface area contributed by atoms with Gasteiger partial charge in [-0.1, -0.05) is 28.4 Å². The summed E-state index contributed by atoms with van der Waals surface area (Å²) < 4.78 is 27.6. The number of benzene rings is 2. The Morgan fingerprint density at radius 1 is 1.10 bits per heavy atom. The standard InChI is InChI=1S/C26H23Cl2FN6O5/c1-39-8-7-21(26(38)31-15-4-5-16(25(30)37)19(29)10-15)34-12-22(40-2)18(11-24(34)36)17-9-14(27)3-6-20(17)35-13-23(28)32-33-35/h3-6,9-13,21H,7-8H2,1-2H3,(H2,30,37)(H,31,38). The molecule has 0 fully saturated rings. The summed E-state index contributed by atoms with van der Waals surface area (Å²) in [4.78, 5) is 38.1. The Hall–Kier alpha value is -4.26. The summed E-state index contributed by atoms with van der Waals surface area (Å²) in [7, 11) is 2.87. The highest BCUT2D eigenvalue weighted by molar-refractivity contribution is 6.31. The number of aromatic nitrogens is 4. The predicted octanol–water partition coefficient (Wildman–Crippen LogP) is 3.87. The predicted molar refractivity (Wildman–Crippen MR) is 147 cm³/mol. The van der Waals surface area contributed by atoms with Gasteiger partial charge in [0.2, 0.25) is 5.91 Å². The van der Waals surface area contributed by atoms with Crippen LogP contribution in [0.5, 0.6) is 5.75 Å². The number of halogens is 3. The Balaban J connectivity index is 1.76. The van der Waals surface area contributed by atoms with Crippen LogP contribution in [0.3, 0.4) is 0 Å². The minimum Gasteiger partial charge on any atom is -0.495 e. The van der Waals surface area contributed by atoms with Crippen LogP contribution in [-0.4, -0.2) is 52.2 Å². The molecule has 0 aliphatic rings. The second-order valence-electron chi connectivity index (χ2n) is 8.49. The van der Waals surface area contributed by atoms with E-state index in [0.717, 1.165) is 12.1 Å². The quantitative estimate of drug-likeness (QED) is 0.286. The lowest BCUT2D eigenvalue weighted by Gasteiger charge is -2.21. The third-order valence-corrected chi connectivity index (χ3v) is 6.37. The highest BCUT2D eigenvalue weighted by Gasteiger charge is 2.25. The van der Waals surface area contributed by atoms with Crippen LogP contribution >= 0.6 is 23.2 Å². The van der Waals surface area contributed by atoms with Gasteiger partial charge >= 0.3 is 0 Å². The zero-order valence-corrected chi connectivity index (χ0v) is 22.7. The zero-order valence-electron chi connectivity index (χ0n) is 21.2. The third-order valence-electron chi connectivity index (χ3n) is 5.96. The molecule has 4 aromatic rings. The van der Waals surface area contributed by atoms with Crippen molar-refractivity contribution in [3.8, 4) is 22.6 Å². The third kappa shape index (κ3) is 6.14. The highest BCUT2D eigenvalue weighted by atomic mass is 35.5. The van der Waals surface area contributed by atoms with Crippen LogP contribution in [0.2, 0.25) is 10.2 Å². The molecular weight excluding hydrogens is 566 g/mol. The Labute approximate surface area is 237 Å². The number of amides is 2. The van der Waals surface area contributed by atoms with E-state index in [1.54, 1.807) is 18.2 Å². The molecule has 2 amide bonds. The number of hydrogen-bond acceptors (Lipinski definition) is 7. The fourth-order valence-electron chi connectivity index (χ4n) is 4.07. The van der Waals surface area contributed by atoms with Crippen LogP contribution in [0, 0.1) is 5.82 Å². The van der Waals surface area contributed by atoms with E-state index in [0.29, 0.717) is 21.8 Å². The Kier molecular flexibility index (Phi) is 8.83. The van der Waals surface area contributed by atoms with Crippen molar-refractivity contribution in [2.45, 2.75) is 12.5 Å². The number of nitrogens with one attached hydrogen (secondary N) is 1. The highest BCUT2D eigenvalue weighted by Crippen LogP contribution is 2.35. The van der Waals surface area contributed by atoms with E-state index in [1.165, 1.54) is 48.0 Å². The monoisotopic (exact) mass is 588 g/mol. The lowest BCUT2D eigenvalue weighted by molar-refractivity contribution is -0.119. The molecule has 2 aromatic carbocycles. The van der Waals surface area contributed by atoms with Gasteiger partial charge in [-0.05, 0) is 36.4 Å². The first kappa shape index (κ1) is 28.7. The van der Waals surface area contributed by atoms with Gasteiger partial charge in [0.25, 0.3) is 11.5 Å². The number of anilines is 1. The van der Waals surface area contributed by atoms with Crippen molar-refractivity contribution in [2.24, 2.45) is 5.73 Å². The molecule has 0 aliphatic heterocycles. The number of primary amides is 1. The number of nitrogens with zero attached hydrogens (tertiary/aromatic N) is 4. The van der Waals surface area contributed by atoms with Crippen molar-refractivity contribution >= 4 is 40.7 Å². The van der Waals surface area contributed by atoms with Crippen LogP contribution in [-0.2, 0) is 9.53 Å². The Morgan fingerprint density at radius 3 is 2.50 bits per heavy atom. The minimum absolute atomic E-state index is 0.0709. The molecule has 0 radical (unpaired) electrons. The number of ether oxygens (including phenoxy) is 2. The molecule has 40 heavy (non-hydrogen) atoms. The van der Waals surface area contributed by atoms with Gasteiger partial charge in [0, 0.05) is 48.0 Å². The van der Waals surface area contributed by atoms with Gasteiger partial charge in [-0.2, -0.15) is 0 Å². The lowest BCUT2D eigenvalue weighted by Crippen LogP contribution is -2.34. The maximum atomic E-state index is 14.3. The minimum atomic E-state index is -1.07. The first-order valence-electron chi connectivity index (χ1n) is 11.7. The summed E-state index contributed by atoms with van der Waals surface area (Å²) in [6, 6.07) is 8.66. The Bertz CT molecular complexity index is 1640. The van der Waals surface area contributed by atoms with Crippen LogP contribution in [0.15, 0.2) is 59.7 Å². The van der Waals surface area contributed by atoms with E-state index in [4.69, 9.17) is 38.4 Å². The molecule has 4 rings (SSSR count). The molecule has 1 atom stereocenters. The number of hydrogen-bond donors (Lipinski definition) is 2. The van der Waals surface area contributed by atoms with Crippen LogP contribution in [0.1, 0.15) is 22.8 Å². The molecule has 208 valence electrons. The smallest absolute Gasteiger partial charge is 0.252 e. The average Bonchev–Trinajstić information content (AvgIpc) is 3.35. The van der Waals surface area contributed by atoms with Gasteiger partial charge in [-0.15, -0.1) is 5.10 Å². The SMILES string of the molecule is COCCC(C(=O)Nc1ccc(C(N)=O)c(F)c1)n1cc(OC)c(-c2cc(Cl)ccc2-n2cc(Cl)nn2)cc1=O. The molecule has 14 heteroatoms. The van der Waals surface area contributed by atoms with Crippen molar-refractivity contribution in [1.29, 1.82) is 0 Å². The summed E-state index contributed by atoms with van der Waals surface area (Å²) in [5.74, 6) is -2.21. The largest absolute Gasteiger partial charge is 0.495 e. The average molecular weight is 589 g/mol. The van der Waals surface area contributed by atoms with E-state index < -0.39 is 29.2 Å². The first-order valence-corrected chi connectivity index (χ1v) is 12.5. The normalized spacial score (nSPS) is 11.7. The lowest BCUT2D eigenvalue weighted by atomic mass is 10.0. The van der Waals surface area contributed by atoms with E-state index in [1.807, 2.05) is 0 Å². The molecule has 0 spiro atoms. The molecule has 3 N–H and O–H groups in total. The molecule has 11 nitrogen and oxygen atoms in total. The van der Waals surface area contributed by atoms with Crippen LogP contribution in [0.4, 0.5) is 10.1 Å². The zero-order chi connectivity index (χ0) is 29.0. The summed E-state index contributed by atoms with van der Waals surface area (Å²) in [6.45, 7) is 0.134. The first-order chi connectivity index (χ1) is 19.1. The fourth-order valence-corrected chi connectivity index (χ4v) is 4.37. The number of rotatable bonds is 10. The Morgan fingerprint density at radius 2 is 1.88 bits per heavy atom. The summed E-state index contributed by atoms with van der Waals surface area (Å²) in [5, 5.41) is 10.9. The molecule has 0 saturated heterocycles. The van der Waals surface area contributed by atoms with E-state index in [-0.39, 0.29) is 35.2 Å². The maximum absolute atomic E-state index is 14.3. The molecule has 0 bridgehead atoms. The van der Waals surface area contributed by atoms with Gasteiger partial charge in [0.15, 0.2) is 5.15 Å². The molecule has 0 saturated carbocycles. The van der Waals surface area contributed by atoms with Gasteiger partial charge < -0.3 is 20.5 Å². The van der Waals surface area contributed by atoms with E-state index in [2.05, 4.69) is 15.6 Å². The van der Waals surface area contributed by atoms with E-state index in [9.17, 15) is 18.8 Å². The second-order valence-corrected chi connectivity index (χ2v) is 9.32. The summed E-state index contributed by atoms with van der Waals surface area (Å²) >= 11 is 12.2. The van der Waals surface area contributed by atoms with Crippen molar-refractivity contribution in [2.75, 3.05) is 26.1 Å². The number of methoxy groups -OCH3 is 2. The van der Waals surface area contributed by atoms with Gasteiger partial charge in [-0.25, -0.2) is 9.07 Å². The summed E-state index contributed by atoms with van der Waals surface area (Å²) in [5.41, 5.74) is 5.76. The second kappa shape index (κ2) is 12.3. The maximum Gasteiger partial charge on any atom is 0.252 e. The van der Waals surface area contributed by atoms with Crippen LogP contribution < -0.4 is 21.3 Å². The molecule has 1 unspecified atom stereocenters. The van der Waals surface area contributed by atoms with Crippen molar-refractivity contribution < 1.29 is 23.5 Å². The van der Waals surface area contributed by atoms with E-state index >= 15 is 0 Å². The van der Waals surface area contributed by atoms with Crippen molar-refractivity contribution in [3.63, 3.8) is 0 Å². The van der Waals surface area contributed by atoms with Crippen LogP contribution in [0.25, 0.3) is 16.8 Å². The van der Waals surface area contributed by atoms with Gasteiger partial charge in [0.05, 0.1) is 30.8 Å². The molecular formula is C26H23Cl2FN6O5. The van der Waals surface area contributed by atoms with Crippen molar-refractivity contribution in [1.82, 2.24) is 19.6 Å². The molecule has 0 aliphatic carbocycles. The number of nitrogens with two attached hydrogens (primary N) is 1. The molecule has 2 heterocycles. The van der Waals surface area contributed by atoms with Gasteiger partial charge in [-0.3, -0.25) is 19.0 Å². The van der Waals surface area contributed by atoms with Crippen molar-refractivity contribution in [3.05, 3.63) is 86.8 Å². The molecule has 2 aromatic heterocycles. The number of pyridine rings is 1. The number of carbonyl (C=O) groups is 2. The topological polar surface area (TPSA) is 143 Å². The fraction of sp³-hybridized carbons (Fsp3) is 0.192. The van der Waals surface area contributed by atoms with Gasteiger partial charge in [0.1, 0.15) is 17.6 Å².